The summed E-state index contributed by atoms with van der Waals surface area (Å²) in [6, 6.07) is 11.9. The van der Waals surface area contributed by atoms with Gasteiger partial charge >= 0.3 is 0 Å². The van der Waals surface area contributed by atoms with Crippen molar-refractivity contribution >= 4 is 28.5 Å². The molecule has 0 spiro atoms. The average Bonchev–Trinajstić information content (AvgIpc) is 3.41. The molecule has 1 fully saturated rings. The van der Waals surface area contributed by atoms with Crippen molar-refractivity contribution in [1.82, 2.24) is 4.90 Å². The molecule has 2 aliphatic rings. The van der Waals surface area contributed by atoms with Gasteiger partial charge in [-0.15, -0.1) is 0 Å². The van der Waals surface area contributed by atoms with Crippen molar-refractivity contribution in [3.05, 3.63) is 74.6 Å². The van der Waals surface area contributed by atoms with Crippen LogP contribution in [-0.4, -0.2) is 36.7 Å². The van der Waals surface area contributed by atoms with Gasteiger partial charge in [-0.2, -0.15) is 0 Å². The summed E-state index contributed by atoms with van der Waals surface area (Å²) < 4.78 is 17.6. The lowest BCUT2D eigenvalue weighted by molar-refractivity contribution is 0.0486. The maximum Gasteiger partial charge on any atom is 0.291 e. The summed E-state index contributed by atoms with van der Waals surface area (Å²) in [4.78, 5) is 28.7. The standard InChI is InChI=1S/C25H24ClNO5/c1-2-10-30-17-6-3-5-15(12-17)22-21-23(28)19-13-16(26)8-9-20(19)32-24(21)25(29)27(22)14-18-7-4-11-31-18/h3,5-6,8-9,12-13,18,22H,2,4,7,10-11,14H2,1H3. The van der Waals surface area contributed by atoms with Gasteiger partial charge in [0.05, 0.1) is 29.7 Å². The number of ether oxygens (including phenoxy) is 2. The van der Waals surface area contributed by atoms with Crippen LogP contribution in [0.3, 0.4) is 0 Å². The topological polar surface area (TPSA) is 69.0 Å². The second-order valence-corrected chi connectivity index (χ2v) is 8.67. The monoisotopic (exact) mass is 453 g/mol. The van der Waals surface area contributed by atoms with E-state index in [9.17, 15) is 9.59 Å². The third-order valence-electron chi connectivity index (χ3n) is 6.00. The van der Waals surface area contributed by atoms with E-state index < -0.39 is 6.04 Å². The van der Waals surface area contributed by atoms with Gasteiger partial charge in [0.25, 0.3) is 5.91 Å². The van der Waals surface area contributed by atoms with Gasteiger partial charge in [0.1, 0.15) is 11.3 Å². The van der Waals surface area contributed by atoms with Crippen LogP contribution in [0.1, 0.15) is 53.9 Å². The fourth-order valence-corrected chi connectivity index (χ4v) is 4.70. The summed E-state index contributed by atoms with van der Waals surface area (Å²) in [5, 5.41) is 0.809. The smallest absolute Gasteiger partial charge is 0.291 e. The summed E-state index contributed by atoms with van der Waals surface area (Å²) in [5.74, 6) is 0.498. The molecule has 166 valence electrons. The number of fused-ring (bicyclic) bond motifs is 2. The molecule has 1 amide bonds. The van der Waals surface area contributed by atoms with Crippen LogP contribution < -0.4 is 10.2 Å². The van der Waals surface area contributed by atoms with Gasteiger partial charge in [-0.1, -0.05) is 30.7 Å². The number of amides is 1. The van der Waals surface area contributed by atoms with Crippen molar-refractivity contribution in [3.63, 3.8) is 0 Å². The Morgan fingerprint density at radius 3 is 2.84 bits per heavy atom. The van der Waals surface area contributed by atoms with Gasteiger partial charge in [-0.3, -0.25) is 9.59 Å². The zero-order chi connectivity index (χ0) is 22.2. The number of rotatable bonds is 6. The van der Waals surface area contributed by atoms with E-state index in [1.54, 1.807) is 23.1 Å². The SMILES string of the molecule is CCCOc1cccc(C2c3c(oc4ccc(Cl)cc4c3=O)C(=O)N2CC2CCCO2)c1. The van der Waals surface area contributed by atoms with Crippen LogP contribution in [0.25, 0.3) is 11.0 Å². The quantitative estimate of drug-likeness (QED) is 0.527. The first-order valence-corrected chi connectivity index (χ1v) is 11.4. The van der Waals surface area contributed by atoms with E-state index in [1.165, 1.54) is 0 Å². The van der Waals surface area contributed by atoms with Crippen LogP contribution in [0.15, 0.2) is 51.7 Å². The summed E-state index contributed by atoms with van der Waals surface area (Å²) in [5.41, 5.74) is 1.26. The molecule has 2 aliphatic heterocycles. The maximum absolute atomic E-state index is 13.6. The van der Waals surface area contributed by atoms with E-state index in [1.807, 2.05) is 31.2 Å². The van der Waals surface area contributed by atoms with E-state index in [2.05, 4.69) is 0 Å². The zero-order valence-corrected chi connectivity index (χ0v) is 18.6. The van der Waals surface area contributed by atoms with Gasteiger partial charge in [0, 0.05) is 18.2 Å². The normalized spacial score (nSPS) is 20.2. The van der Waals surface area contributed by atoms with Gasteiger partial charge in [0.15, 0.2) is 5.43 Å². The number of hydrogen-bond acceptors (Lipinski definition) is 5. The molecule has 0 aliphatic carbocycles. The molecule has 5 rings (SSSR count). The molecule has 1 saturated heterocycles. The number of nitrogens with zero attached hydrogens (tertiary/aromatic N) is 1. The van der Waals surface area contributed by atoms with Gasteiger partial charge in [0.2, 0.25) is 5.76 Å². The van der Waals surface area contributed by atoms with Crippen molar-refractivity contribution in [2.24, 2.45) is 0 Å². The zero-order valence-electron chi connectivity index (χ0n) is 17.8. The van der Waals surface area contributed by atoms with Crippen molar-refractivity contribution in [1.29, 1.82) is 0 Å². The van der Waals surface area contributed by atoms with E-state index in [4.69, 9.17) is 25.5 Å². The minimum Gasteiger partial charge on any atom is -0.494 e. The Balaban J connectivity index is 1.66. The first-order valence-electron chi connectivity index (χ1n) is 11.0. The average molecular weight is 454 g/mol. The molecular weight excluding hydrogens is 430 g/mol. The molecule has 3 aromatic rings. The van der Waals surface area contributed by atoms with Crippen LogP contribution in [0.2, 0.25) is 5.02 Å². The lowest BCUT2D eigenvalue weighted by atomic mass is 9.98. The predicted molar refractivity (Wildman–Crippen MR) is 122 cm³/mol. The minimum atomic E-state index is -0.577. The second-order valence-electron chi connectivity index (χ2n) is 8.23. The van der Waals surface area contributed by atoms with Crippen LogP contribution in [0.4, 0.5) is 0 Å². The van der Waals surface area contributed by atoms with Gasteiger partial charge in [-0.25, -0.2) is 0 Å². The molecule has 32 heavy (non-hydrogen) atoms. The number of benzene rings is 2. The molecule has 2 unspecified atom stereocenters. The summed E-state index contributed by atoms with van der Waals surface area (Å²) >= 11 is 6.14. The first-order chi connectivity index (χ1) is 15.6. The molecule has 0 N–H and O–H groups in total. The second kappa shape index (κ2) is 8.60. The largest absolute Gasteiger partial charge is 0.494 e. The van der Waals surface area contributed by atoms with E-state index in [-0.39, 0.29) is 23.2 Å². The highest BCUT2D eigenvalue weighted by molar-refractivity contribution is 6.31. The Hall–Kier alpha value is -2.83. The fraction of sp³-hybridized carbons (Fsp3) is 0.360. The highest BCUT2D eigenvalue weighted by atomic mass is 35.5. The molecule has 1 aromatic heterocycles. The Labute approximate surface area is 190 Å². The molecule has 7 heteroatoms. The lowest BCUT2D eigenvalue weighted by Gasteiger charge is -2.27. The van der Waals surface area contributed by atoms with Crippen LogP contribution >= 0.6 is 11.6 Å². The third kappa shape index (κ3) is 3.67. The van der Waals surface area contributed by atoms with Crippen molar-refractivity contribution in [2.75, 3.05) is 19.8 Å². The Kier molecular flexibility index (Phi) is 5.66. The number of carbonyl (C=O) groups is 1. The van der Waals surface area contributed by atoms with Gasteiger partial charge in [-0.05, 0) is 55.2 Å². The van der Waals surface area contributed by atoms with Crippen LogP contribution in [0, 0.1) is 0 Å². The number of carbonyl (C=O) groups excluding carboxylic acids is 1. The Morgan fingerprint density at radius 1 is 1.19 bits per heavy atom. The molecule has 0 radical (unpaired) electrons. The van der Waals surface area contributed by atoms with Crippen LogP contribution in [-0.2, 0) is 4.74 Å². The molecule has 2 atom stereocenters. The number of halogens is 1. The molecule has 0 saturated carbocycles. The van der Waals surface area contributed by atoms with Gasteiger partial charge < -0.3 is 18.8 Å². The highest BCUT2D eigenvalue weighted by Gasteiger charge is 2.44. The van der Waals surface area contributed by atoms with E-state index in [0.717, 1.165) is 24.8 Å². The van der Waals surface area contributed by atoms with Crippen molar-refractivity contribution in [3.8, 4) is 5.75 Å². The Bertz CT molecular complexity index is 1230. The van der Waals surface area contributed by atoms with Crippen molar-refractivity contribution < 1.29 is 18.7 Å². The molecular formula is C25H24ClNO5. The van der Waals surface area contributed by atoms with E-state index in [0.29, 0.717) is 47.1 Å². The predicted octanol–water partition coefficient (Wildman–Crippen LogP) is 4.96. The van der Waals surface area contributed by atoms with Crippen molar-refractivity contribution in [2.45, 2.75) is 38.3 Å². The van der Waals surface area contributed by atoms with Crippen LogP contribution in [0.5, 0.6) is 5.75 Å². The summed E-state index contributed by atoms with van der Waals surface area (Å²) in [7, 11) is 0. The highest BCUT2D eigenvalue weighted by Crippen LogP contribution is 2.40. The molecule has 6 nitrogen and oxygen atoms in total. The lowest BCUT2D eigenvalue weighted by Crippen LogP contribution is -2.36. The summed E-state index contributed by atoms with van der Waals surface area (Å²) in [6.07, 6.45) is 2.67. The fourth-order valence-electron chi connectivity index (χ4n) is 4.53. The molecule has 3 heterocycles. The first kappa shape index (κ1) is 21.0. The minimum absolute atomic E-state index is 0.0609. The molecule has 2 aromatic carbocycles. The number of hydrogen-bond donors (Lipinski definition) is 0. The molecule has 0 bridgehead atoms. The third-order valence-corrected chi connectivity index (χ3v) is 6.23. The van der Waals surface area contributed by atoms with E-state index >= 15 is 0 Å². The maximum atomic E-state index is 13.6. The Morgan fingerprint density at radius 2 is 2.06 bits per heavy atom. The summed E-state index contributed by atoms with van der Waals surface area (Å²) in [6.45, 7) is 3.71.